The van der Waals surface area contributed by atoms with E-state index >= 15 is 0 Å². The summed E-state index contributed by atoms with van der Waals surface area (Å²) in [5.74, 6) is 0.212. The van der Waals surface area contributed by atoms with Gasteiger partial charge in [0.25, 0.3) is 0 Å². The molecule has 0 unspecified atom stereocenters. The van der Waals surface area contributed by atoms with E-state index in [9.17, 15) is 4.79 Å². The predicted molar refractivity (Wildman–Crippen MR) is 90.5 cm³/mol. The van der Waals surface area contributed by atoms with Gasteiger partial charge in [-0.1, -0.05) is 12.1 Å². The molecule has 0 atom stereocenters. The maximum Gasteiger partial charge on any atom is 0.177 e. The van der Waals surface area contributed by atoms with Gasteiger partial charge in [-0.2, -0.15) is 0 Å². The summed E-state index contributed by atoms with van der Waals surface area (Å²) >= 11 is 1.77. The zero-order chi connectivity index (χ0) is 15.4. The van der Waals surface area contributed by atoms with E-state index in [1.54, 1.807) is 11.3 Å². The van der Waals surface area contributed by atoms with Crippen molar-refractivity contribution < 1.29 is 4.79 Å². The second-order valence-corrected chi connectivity index (χ2v) is 6.77. The number of likely N-dealkylation sites (N-methyl/N-ethyl adjacent to an activating group) is 1. The fourth-order valence-corrected chi connectivity index (χ4v) is 3.12. The smallest absolute Gasteiger partial charge is 0.177 e. The second-order valence-electron chi connectivity index (χ2n) is 5.74. The quantitative estimate of drug-likeness (QED) is 0.751. The molecule has 0 bridgehead atoms. The molecule has 0 fully saturated rings. The summed E-state index contributed by atoms with van der Waals surface area (Å²) in [6.07, 6.45) is 1.01. The number of ketones is 1. The first-order valence-corrected chi connectivity index (χ1v) is 8.17. The van der Waals surface area contributed by atoms with E-state index in [1.807, 2.05) is 20.0 Å². The number of aryl methyl sites for hydroxylation is 3. The number of rotatable bonds is 6. The Balaban J connectivity index is 1.96. The molecule has 0 aliphatic carbocycles. The molecule has 0 radical (unpaired) electrons. The van der Waals surface area contributed by atoms with Gasteiger partial charge in [-0.15, -0.1) is 11.3 Å². The number of hydrogen-bond acceptors (Lipinski definition) is 3. The number of benzene rings is 1. The van der Waals surface area contributed by atoms with Gasteiger partial charge < -0.3 is 0 Å². The second kappa shape index (κ2) is 7.01. The molecule has 1 aromatic carbocycles. The molecule has 1 heterocycles. The average molecular weight is 301 g/mol. The maximum absolute atomic E-state index is 12.5. The molecule has 2 rings (SSSR count). The molecular formula is C18H23NOS. The Morgan fingerprint density at radius 3 is 2.52 bits per heavy atom. The fourth-order valence-electron chi connectivity index (χ4n) is 2.43. The van der Waals surface area contributed by atoms with Gasteiger partial charge in [0.2, 0.25) is 0 Å². The van der Waals surface area contributed by atoms with Crippen LogP contribution in [-0.4, -0.2) is 30.8 Å². The highest BCUT2D eigenvalue weighted by molar-refractivity contribution is 7.09. The van der Waals surface area contributed by atoms with Crippen molar-refractivity contribution in [1.29, 1.82) is 0 Å². The molecule has 3 heteroatoms. The van der Waals surface area contributed by atoms with Crippen LogP contribution in [0.2, 0.25) is 0 Å². The Labute approximate surface area is 131 Å². The number of thiophene rings is 1. The summed E-state index contributed by atoms with van der Waals surface area (Å²) in [7, 11) is 2.02. The van der Waals surface area contributed by atoms with Crippen molar-refractivity contribution in [1.82, 2.24) is 4.90 Å². The van der Waals surface area contributed by atoms with Gasteiger partial charge in [0.05, 0.1) is 6.54 Å². The van der Waals surface area contributed by atoms with Gasteiger partial charge in [0.1, 0.15) is 0 Å². The number of carbonyl (C=O) groups excluding carboxylic acids is 1. The van der Waals surface area contributed by atoms with Crippen molar-refractivity contribution in [3.8, 4) is 0 Å². The van der Waals surface area contributed by atoms with Gasteiger partial charge in [-0.05, 0) is 68.4 Å². The number of Topliss-reactive ketones (excluding diaryl/α,β-unsaturated/α-hetero) is 1. The summed E-state index contributed by atoms with van der Waals surface area (Å²) in [5, 5.41) is 2.10. The van der Waals surface area contributed by atoms with Gasteiger partial charge in [-0.25, -0.2) is 0 Å². The summed E-state index contributed by atoms with van der Waals surface area (Å²) < 4.78 is 0. The van der Waals surface area contributed by atoms with Crippen molar-refractivity contribution in [2.45, 2.75) is 27.2 Å². The number of nitrogens with zero attached hydrogens (tertiary/aromatic N) is 1. The Morgan fingerprint density at radius 2 is 1.86 bits per heavy atom. The molecule has 0 spiro atoms. The molecule has 0 N–H and O–H groups in total. The first kappa shape index (κ1) is 15.9. The van der Waals surface area contributed by atoms with Crippen LogP contribution in [0.1, 0.15) is 31.9 Å². The molecule has 1 aromatic heterocycles. The van der Waals surface area contributed by atoms with E-state index in [-0.39, 0.29) is 5.78 Å². The first-order chi connectivity index (χ1) is 9.97. The number of hydrogen-bond donors (Lipinski definition) is 0. The molecule has 0 aliphatic heterocycles. The van der Waals surface area contributed by atoms with Crippen LogP contribution in [-0.2, 0) is 6.42 Å². The Hall–Kier alpha value is -1.45. The molecule has 0 aliphatic rings. The zero-order valence-electron chi connectivity index (χ0n) is 13.3. The molecule has 112 valence electrons. The van der Waals surface area contributed by atoms with E-state index < -0.39 is 0 Å². The molecular weight excluding hydrogens is 278 g/mol. The van der Waals surface area contributed by atoms with Crippen LogP contribution in [0.15, 0.2) is 29.6 Å². The third kappa shape index (κ3) is 4.26. The van der Waals surface area contributed by atoms with Crippen molar-refractivity contribution in [2.75, 3.05) is 20.1 Å². The van der Waals surface area contributed by atoms with Crippen LogP contribution >= 0.6 is 11.3 Å². The first-order valence-electron chi connectivity index (χ1n) is 7.29. The molecule has 2 nitrogen and oxygen atoms in total. The molecule has 2 aromatic rings. The lowest BCUT2D eigenvalue weighted by Crippen LogP contribution is -2.28. The Bertz CT molecular complexity index is 616. The van der Waals surface area contributed by atoms with Crippen molar-refractivity contribution >= 4 is 17.1 Å². The van der Waals surface area contributed by atoms with E-state index in [0.717, 1.165) is 24.1 Å². The van der Waals surface area contributed by atoms with E-state index in [2.05, 4.69) is 42.3 Å². The van der Waals surface area contributed by atoms with Gasteiger partial charge >= 0.3 is 0 Å². The van der Waals surface area contributed by atoms with Crippen LogP contribution in [0.25, 0.3) is 0 Å². The van der Waals surface area contributed by atoms with Crippen LogP contribution in [0, 0.1) is 20.8 Å². The molecule has 0 saturated carbocycles. The summed E-state index contributed by atoms with van der Waals surface area (Å²) in [6, 6.07) is 8.35. The van der Waals surface area contributed by atoms with Crippen LogP contribution in [0.5, 0.6) is 0 Å². The third-order valence-corrected chi connectivity index (χ3v) is 4.81. The van der Waals surface area contributed by atoms with Crippen molar-refractivity contribution in [2.24, 2.45) is 0 Å². The summed E-state index contributed by atoms with van der Waals surface area (Å²) in [4.78, 5) is 15.9. The minimum Gasteiger partial charge on any atom is -0.299 e. The minimum absolute atomic E-state index is 0.212. The molecule has 0 amide bonds. The predicted octanol–water partition coefficient (Wildman–Crippen LogP) is 4.03. The SMILES string of the molecule is Cc1cc(C)c(C(=O)CN(C)CCc2cccs2)cc1C. The largest absolute Gasteiger partial charge is 0.299 e. The number of carbonyl (C=O) groups is 1. The Morgan fingerprint density at radius 1 is 1.14 bits per heavy atom. The standard InChI is InChI=1S/C18H23NOS/c1-13-10-15(3)17(11-14(13)2)18(20)12-19(4)8-7-16-6-5-9-21-16/h5-6,9-11H,7-8,12H2,1-4H3. The monoisotopic (exact) mass is 301 g/mol. The highest BCUT2D eigenvalue weighted by atomic mass is 32.1. The fraction of sp³-hybridized carbons (Fsp3) is 0.389. The highest BCUT2D eigenvalue weighted by Gasteiger charge is 2.13. The summed E-state index contributed by atoms with van der Waals surface area (Å²) in [5.41, 5.74) is 4.37. The lowest BCUT2D eigenvalue weighted by molar-refractivity contribution is 0.0946. The molecule has 0 saturated heterocycles. The van der Waals surface area contributed by atoms with E-state index in [4.69, 9.17) is 0 Å². The van der Waals surface area contributed by atoms with Crippen molar-refractivity contribution in [3.05, 3.63) is 56.8 Å². The normalized spacial score (nSPS) is 11.1. The lowest BCUT2D eigenvalue weighted by atomic mass is 9.98. The average Bonchev–Trinajstić information content (AvgIpc) is 2.93. The van der Waals surface area contributed by atoms with Gasteiger partial charge in [0.15, 0.2) is 5.78 Å². The van der Waals surface area contributed by atoms with E-state index in [1.165, 1.54) is 16.0 Å². The van der Waals surface area contributed by atoms with Crippen LogP contribution < -0.4 is 0 Å². The van der Waals surface area contributed by atoms with Crippen LogP contribution in [0.3, 0.4) is 0 Å². The highest BCUT2D eigenvalue weighted by Crippen LogP contribution is 2.16. The minimum atomic E-state index is 0.212. The van der Waals surface area contributed by atoms with Gasteiger partial charge in [-0.3, -0.25) is 9.69 Å². The summed E-state index contributed by atoms with van der Waals surface area (Å²) in [6.45, 7) is 7.56. The van der Waals surface area contributed by atoms with Crippen molar-refractivity contribution in [3.63, 3.8) is 0 Å². The Kier molecular flexibility index (Phi) is 5.32. The zero-order valence-corrected chi connectivity index (χ0v) is 14.1. The molecule has 21 heavy (non-hydrogen) atoms. The topological polar surface area (TPSA) is 20.3 Å². The van der Waals surface area contributed by atoms with Gasteiger partial charge in [0, 0.05) is 17.0 Å². The lowest BCUT2D eigenvalue weighted by Gasteiger charge is -2.16. The third-order valence-electron chi connectivity index (χ3n) is 3.87. The maximum atomic E-state index is 12.5. The van der Waals surface area contributed by atoms with E-state index in [0.29, 0.717) is 6.54 Å². The van der Waals surface area contributed by atoms with Crippen LogP contribution in [0.4, 0.5) is 0 Å².